The van der Waals surface area contributed by atoms with E-state index >= 15 is 0 Å². The maximum Gasteiger partial charge on any atom is 0.339 e. The molecule has 0 atom stereocenters. The van der Waals surface area contributed by atoms with E-state index in [9.17, 15) is 9.59 Å². The van der Waals surface area contributed by atoms with Gasteiger partial charge in [-0.05, 0) is 18.2 Å². The minimum Gasteiger partial charge on any atom is -0.465 e. The zero-order valence-electron chi connectivity index (χ0n) is 13.9. The SMILES string of the molecule is COC(=O)c1ccccc1NC(=O)c1[nH]nc2c1CSc1ccccc1-2. The summed E-state index contributed by atoms with van der Waals surface area (Å²) in [4.78, 5) is 25.8. The first-order valence-corrected chi connectivity index (χ1v) is 8.95. The molecule has 0 fully saturated rings. The van der Waals surface area contributed by atoms with Gasteiger partial charge < -0.3 is 10.1 Å². The van der Waals surface area contributed by atoms with Crippen molar-refractivity contribution in [3.8, 4) is 11.3 Å². The highest BCUT2D eigenvalue weighted by atomic mass is 32.2. The van der Waals surface area contributed by atoms with Gasteiger partial charge in [-0.2, -0.15) is 5.10 Å². The topological polar surface area (TPSA) is 84.1 Å². The van der Waals surface area contributed by atoms with E-state index in [0.29, 0.717) is 22.7 Å². The van der Waals surface area contributed by atoms with E-state index in [-0.39, 0.29) is 5.91 Å². The monoisotopic (exact) mass is 365 g/mol. The molecule has 4 rings (SSSR count). The Morgan fingerprint density at radius 2 is 1.92 bits per heavy atom. The highest BCUT2D eigenvalue weighted by Crippen LogP contribution is 2.41. The Morgan fingerprint density at radius 3 is 2.77 bits per heavy atom. The first kappa shape index (κ1) is 16.4. The molecule has 0 saturated carbocycles. The summed E-state index contributed by atoms with van der Waals surface area (Å²) >= 11 is 1.67. The number of methoxy groups -OCH3 is 1. The van der Waals surface area contributed by atoms with Crippen LogP contribution in [0.3, 0.4) is 0 Å². The normalized spacial score (nSPS) is 12.0. The lowest BCUT2D eigenvalue weighted by atomic mass is 10.1. The first-order chi connectivity index (χ1) is 12.7. The molecule has 130 valence electrons. The summed E-state index contributed by atoms with van der Waals surface area (Å²) < 4.78 is 4.77. The van der Waals surface area contributed by atoms with Gasteiger partial charge in [-0.25, -0.2) is 4.79 Å². The average Bonchev–Trinajstić information content (AvgIpc) is 3.12. The Labute approximate surface area is 154 Å². The molecule has 1 aromatic heterocycles. The number of carbonyl (C=O) groups is 2. The smallest absolute Gasteiger partial charge is 0.339 e. The summed E-state index contributed by atoms with van der Waals surface area (Å²) in [6.07, 6.45) is 0. The molecule has 2 aromatic carbocycles. The van der Waals surface area contributed by atoms with Crippen molar-refractivity contribution in [3.63, 3.8) is 0 Å². The quantitative estimate of drug-likeness (QED) is 0.691. The number of anilines is 1. The largest absolute Gasteiger partial charge is 0.465 e. The van der Waals surface area contributed by atoms with E-state index in [0.717, 1.165) is 21.7 Å². The number of benzene rings is 2. The number of fused-ring (bicyclic) bond motifs is 3. The van der Waals surface area contributed by atoms with E-state index in [1.165, 1.54) is 7.11 Å². The number of para-hydroxylation sites is 1. The fourth-order valence-electron chi connectivity index (χ4n) is 2.92. The van der Waals surface area contributed by atoms with Crippen LogP contribution >= 0.6 is 11.8 Å². The van der Waals surface area contributed by atoms with Gasteiger partial charge in [0.1, 0.15) is 5.69 Å². The predicted molar refractivity (Wildman–Crippen MR) is 99.3 cm³/mol. The molecule has 1 aliphatic heterocycles. The number of ether oxygens (including phenoxy) is 1. The number of hydrogen-bond acceptors (Lipinski definition) is 5. The summed E-state index contributed by atoms with van der Waals surface area (Å²) in [5.74, 6) is -0.184. The molecule has 1 amide bonds. The molecule has 0 radical (unpaired) electrons. The van der Waals surface area contributed by atoms with Gasteiger partial charge in [0.25, 0.3) is 5.91 Å². The lowest BCUT2D eigenvalue weighted by Gasteiger charge is -2.15. The number of esters is 1. The van der Waals surface area contributed by atoms with Crippen molar-refractivity contribution in [2.45, 2.75) is 10.6 Å². The lowest BCUT2D eigenvalue weighted by Crippen LogP contribution is -2.17. The van der Waals surface area contributed by atoms with Crippen molar-refractivity contribution >= 4 is 29.3 Å². The number of thioether (sulfide) groups is 1. The van der Waals surface area contributed by atoms with E-state index in [4.69, 9.17) is 4.74 Å². The second kappa shape index (κ2) is 6.68. The summed E-state index contributed by atoms with van der Waals surface area (Å²) in [6.45, 7) is 0. The summed E-state index contributed by atoms with van der Waals surface area (Å²) in [7, 11) is 1.31. The van der Waals surface area contributed by atoms with Gasteiger partial charge in [-0.1, -0.05) is 30.3 Å². The average molecular weight is 365 g/mol. The van der Waals surface area contributed by atoms with Gasteiger partial charge >= 0.3 is 5.97 Å². The van der Waals surface area contributed by atoms with Crippen LogP contribution in [0.25, 0.3) is 11.3 Å². The molecule has 1 aliphatic rings. The second-order valence-corrected chi connectivity index (χ2v) is 6.72. The Hall–Kier alpha value is -3.06. The third-order valence-corrected chi connectivity index (χ3v) is 5.29. The number of nitrogens with zero attached hydrogens (tertiary/aromatic N) is 1. The number of carbonyl (C=O) groups excluding carboxylic acids is 2. The van der Waals surface area contributed by atoms with Crippen LogP contribution in [0.5, 0.6) is 0 Å². The fourth-order valence-corrected chi connectivity index (χ4v) is 4.00. The third kappa shape index (κ3) is 2.76. The second-order valence-electron chi connectivity index (χ2n) is 5.70. The molecular formula is C19H15N3O3S. The number of hydrogen-bond donors (Lipinski definition) is 2. The van der Waals surface area contributed by atoms with Crippen LogP contribution in [0.15, 0.2) is 53.4 Å². The maximum absolute atomic E-state index is 12.8. The van der Waals surface area contributed by atoms with Gasteiger partial charge in [0, 0.05) is 21.8 Å². The highest BCUT2D eigenvalue weighted by molar-refractivity contribution is 7.98. The standard InChI is InChI=1S/C19H15N3O3S/c1-25-19(24)11-6-2-4-8-14(11)20-18(23)17-13-10-26-15-9-5-3-7-12(15)16(13)21-22-17/h2-9H,10H2,1H3,(H,20,23)(H,21,22). The van der Waals surface area contributed by atoms with Gasteiger partial charge in [0.15, 0.2) is 0 Å². The fraction of sp³-hybridized carbons (Fsp3) is 0.105. The molecule has 6 nitrogen and oxygen atoms in total. The van der Waals surface area contributed by atoms with Gasteiger partial charge in [-0.3, -0.25) is 9.89 Å². The minimum atomic E-state index is -0.503. The van der Waals surface area contributed by atoms with Crippen LogP contribution < -0.4 is 5.32 Å². The molecule has 0 bridgehead atoms. The van der Waals surface area contributed by atoms with Crippen molar-refractivity contribution < 1.29 is 14.3 Å². The zero-order chi connectivity index (χ0) is 18.1. The molecule has 2 heterocycles. The summed E-state index contributed by atoms with van der Waals surface area (Å²) in [5.41, 5.74) is 3.78. The number of nitrogens with one attached hydrogen (secondary N) is 2. The maximum atomic E-state index is 12.8. The van der Waals surface area contributed by atoms with Crippen LogP contribution in [0.1, 0.15) is 26.4 Å². The van der Waals surface area contributed by atoms with Crippen molar-refractivity contribution in [3.05, 3.63) is 65.4 Å². The molecule has 0 saturated heterocycles. The first-order valence-electron chi connectivity index (χ1n) is 7.97. The number of rotatable bonds is 3. The van der Waals surface area contributed by atoms with E-state index < -0.39 is 5.97 Å². The Balaban J connectivity index is 1.66. The molecule has 0 aliphatic carbocycles. The van der Waals surface area contributed by atoms with Crippen LogP contribution in [0.4, 0.5) is 5.69 Å². The lowest BCUT2D eigenvalue weighted by molar-refractivity contribution is 0.0602. The Morgan fingerprint density at radius 1 is 1.15 bits per heavy atom. The molecule has 2 N–H and O–H groups in total. The van der Waals surface area contributed by atoms with Gasteiger partial charge in [0.2, 0.25) is 0 Å². The van der Waals surface area contributed by atoms with Crippen LogP contribution in [-0.4, -0.2) is 29.2 Å². The Kier molecular flexibility index (Phi) is 4.22. The molecular weight excluding hydrogens is 350 g/mol. The number of amides is 1. The molecule has 26 heavy (non-hydrogen) atoms. The number of aromatic amines is 1. The van der Waals surface area contributed by atoms with Gasteiger partial charge in [-0.15, -0.1) is 11.8 Å². The number of aromatic nitrogens is 2. The number of H-pyrrole nitrogens is 1. The molecule has 0 spiro atoms. The highest BCUT2D eigenvalue weighted by Gasteiger charge is 2.26. The van der Waals surface area contributed by atoms with Crippen LogP contribution in [0, 0.1) is 0 Å². The van der Waals surface area contributed by atoms with Crippen molar-refractivity contribution in [2.75, 3.05) is 12.4 Å². The summed E-state index contributed by atoms with van der Waals surface area (Å²) in [5, 5.41) is 9.97. The molecule has 0 unspecified atom stereocenters. The minimum absolute atomic E-state index is 0.302. The van der Waals surface area contributed by atoms with Crippen molar-refractivity contribution in [1.29, 1.82) is 0 Å². The van der Waals surface area contributed by atoms with E-state index in [2.05, 4.69) is 15.5 Å². The predicted octanol–water partition coefficient (Wildman–Crippen LogP) is 3.72. The van der Waals surface area contributed by atoms with Gasteiger partial charge in [0.05, 0.1) is 24.1 Å². The van der Waals surface area contributed by atoms with Crippen molar-refractivity contribution in [1.82, 2.24) is 10.2 Å². The van der Waals surface area contributed by atoms with Crippen LogP contribution in [-0.2, 0) is 10.5 Å². The summed E-state index contributed by atoms with van der Waals surface area (Å²) in [6, 6.07) is 14.7. The van der Waals surface area contributed by atoms with Crippen LogP contribution in [0.2, 0.25) is 0 Å². The zero-order valence-corrected chi connectivity index (χ0v) is 14.7. The Bertz CT molecular complexity index is 1010. The molecule has 7 heteroatoms. The molecule has 3 aromatic rings. The van der Waals surface area contributed by atoms with Crippen molar-refractivity contribution in [2.24, 2.45) is 0 Å². The third-order valence-electron chi connectivity index (χ3n) is 4.19. The van der Waals surface area contributed by atoms with E-state index in [1.807, 2.05) is 24.3 Å². The van der Waals surface area contributed by atoms with E-state index in [1.54, 1.807) is 36.0 Å².